The number of carboxylic acid groups (broad SMARTS) is 1. The van der Waals surface area contributed by atoms with Gasteiger partial charge in [0.1, 0.15) is 5.75 Å². The van der Waals surface area contributed by atoms with Gasteiger partial charge in [0.2, 0.25) is 0 Å². The number of carboxylic acids is 1. The smallest absolute Gasteiger partial charge is 0.333 e. The van der Waals surface area contributed by atoms with Crippen LogP contribution in [0.4, 0.5) is 0 Å². The number of methoxy groups -OCH3 is 1. The summed E-state index contributed by atoms with van der Waals surface area (Å²) in [6.07, 6.45) is 0.988. The monoisotopic (exact) mass is 297 g/mol. The number of aliphatic carboxylic acids is 1. The number of benzene rings is 2. The molecule has 22 heavy (non-hydrogen) atoms. The highest BCUT2D eigenvalue weighted by Gasteiger charge is 2.16. The Kier molecular flexibility index (Phi) is 5.20. The van der Waals surface area contributed by atoms with Gasteiger partial charge in [-0.2, -0.15) is 0 Å². The summed E-state index contributed by atoms with van der Waals surface area (Å²) >= 11 is 0. The predicted molar refractivity (Wildman–Crippen MR) is 86.5 cm³/mol. The van der Waals surface area contributed by atoms with Crippen molar-refractivity contribution in [3.05, 3.63) is 71.3 Å². The molecule has 0 saturated heterocycles. The lowest BCUT2D eigenvalue weighted by atomic mass is 9.99. The summed E-state index contributed by atoms with van der Waals surface area (Å²) in [5.74, 6) is -0.433. The van der Waals surface area contributed by atoms with Crippen LogP contribution in [0.3, 0.4) is 0 Å². The van der Waals surface area contributed by atoms with Gasteiger partial charge in [0.15, 0.2) is 0 Å². The molecule has 0 fully saturated rings. The zero-order chi connectivity index (χ0) is 15.9. The van der Waals surface area contributed by atoms with Crippen LogP contribution in [0.5, 0.6) is 5.75 Å². The largest absolute Gasteiger partial charge is 0.496 e. The Morgan fingerprint density at radius 3 is 2.36 bits per heavy atom. The van der Waals surface area contributed by atoms with E-state index < -0.39 is 5.97 Å². The number of aryl methyl sites for hydroxylation is 1. The maximum Gasteiger partial charge on any atom is 0.333 e. The molecule has 0 saturated carbocycles. The van der Waals surface area contributed by atoms with Gasteiger partial charge in [0.05, 0.1) is 18.4 Å². The molecular formula is C18H19NO3. The fraction of sp³-hybridized carbons (Fsp3) is 0.167. The van der Waals surface area contributed by atoms with Crippen LogP contribution in [0.2, 0.25) is 0 Å². The molecular weight excluding hydrogens is 278 g/mol. The van der Waals surface area contributed by atoms with Crippen LogP contribution < -0.4 is 10.5 Å². The fourth-order valence-corrected chi connectivity index (χ4v) is 2.30. The van der Waals surface area contributed by atoms with Gasteiger partial charge in [-0.05, 0) is 30.5 Å². The molecule has 0 aliphatic carbocycles. The summed E-state index contributed by atoms with van der Waals surface area (Å²) in [6, 6.07) is 16.9. The zero-order valence-corrected chi connectivity index (χ0v) is 12.5. The lowest BCUT2D eigenvalue weighted by Crippen LogP contribution is -2.11. The molecule has 2 aromatic carbocycles. The molecule has 0 atom stereocenters. The van der Waals surface area contributed by atoms with E-state index in [2.05, 4.69) is 0 Å². The number of nitrogens with two attached hydrogens (primary N) is 1. The van der Waals surface area contributed by atoms with Crippen molar-refractivity contribution in [1.29, 1.82) is 0 Å². The van der Waals surface area contributed by atoms with Gasteiger partial charge in [0.25, 0.3) is 0 Å². The zero-order valence-electron chi connectivity index (χ0n) is 12.5. The number of ether oxygens (including phenoxy) is 1. The SMILES string of the molecule is COc1ccccc1/C(N)=C(\CCc1ccccc1)C(=O)O. The van der Waals surface area contributed by atoms with Crippen LogP contribution in [0.1, 0.15) is 17.5 Å². The molecule has 2 aromatic rings. The molecule has 0 aliphatic rings. The average molecular weight is 297 g/mol. The van der Waals surface area contributed by atoms with Crippen molar-refractivity contribution in [2.75, 3.05) is 7.11 Å². The summed E-state index contributed by atoms with van der Waals surface area (Å²) in [5.41, 5.74) is 8.24. The van der Waals surface area contributed by atoms with Crippen LogP contribution in [-0.4, -0.2) is 18.2 Å². The topological polar surface area (TPSA) is 72.5 Å². The van der Waals surface area contributed by atoms with E-state index >= 15 is 0 Å². The minimum Gasteiger partial charge on any atom is -0.496 e. The minimum atomic E-state index is -1.00. The van der Waals surface area contributed by atoms with Crippen molar-refractivity contribution >= 4 is 11.7 Å². The van der Waals surface area contributed by atoms with E-state index in [0.29, 0.717) is 24.2 Å². The van der Waals surface area contributed by atoms with Crippen molar-refractivity contribution in [2.24, 2.45) is 5.73 Å². The molecule has 0 radical (unpaired) electrons. The first-order valence-electron chi connectivity index (χ1n) is 7.02. The highest BCUT2D eigenvalue weighted by atomic mass is 16.5. The lowest BCUT2D eigenvalue weighted by molar-refractivity contribution is -0.132. The second kappa shape index (κ2) is 7.31. The third-order valence-corrected chi connectivity index (χ3v) is 3.49. The Labute approximate surface area is 129 Å². The highest BCUT2D eigenvalue weighted by Crippen LogP contribution is 2.26. The van der Waals surface area contributed by atoms with Crippen molar-refractivity contribution in [3.8, 4) is 5.75 Å². The summed E-state index contributed by atoms with van der Waals surface area (Å²) < 4.78 is 5.25. The molecule has 2 rings (SSSR count). The molecule has 0 unspecified atom stereocenters. The number of rotatable bonds is 6. The molecule has 0 heterocycles. The molecule has 3 N–H and O–H groups in total. The van der Waals surface area contributed by atoms with E-state index in [1.54, 1.807) is 18.2 Å². The highest BCUT2D eigenvalue weighted by molar-refractivity contribution is 5.96. The van der Waals surface area contributed by atoms with Crippen LogP contribution in [-0.2, 0) is 11.2 Å². The maximum absolute atomic E-state index is 11.6. The van der Waals surface area contributed by atoms with E-state index in [4.69, 9.17) is 10.5 Å². The number of para-hydroxylation sites is 1. The molecule has 114 valence electrons. The second-order valence-corrected chi connectivity index (χ2v) is 4.88. The van der Waals surface area contributed by atoms with Gasteiger partial charge in [-0.15, -0.1) is 0 Å². The Hall–Kier alpha value is -2.75. The van der Waals surface area contributed by atoms with Crippen LogP contribution >= 0.6 is 0 Å². The summed E-state index contributed by atoms with van der Waals surface area (Å²) in [5, 5.41) is 9.47. The van der Waals surface area contributed by atoms with Gasteiger partial charge in [0, 0.05) is 5.56 Å². The third-order valence-electron chi connectivity index (χ3n) is 3.49. The van der Waals surface area contributed by atoms with Crippen LogP contribution in [0, 0.1) is 0 Å². The normalized spacial score (nSPS) is 11.7. The Bertz CT molecular complexity index is 678. The summed E-state index contributed by atoms with van der Waals surface area (Å²) in [7, 11) is 1.54. The molecule has 4 heteroatoms. The molecule has 0 spiro atoms. The van der Waals surface area contributed by atoms with E-state index in [-0.39, 0.29) is 11.3 Å². The van der Waals surface area contributed by atoms with Crippen molar-refractivity contribution in [2.45, 2.75) is 12.8 Å². The quantitative estimate of drug-likeness (QED) is 0.804. The Morgan fingerprint density at radius 1 is 1.09 bits per heavy atom. The third kappa shape index (κ3) is 3.67. The van der Waals surface area contributed by atoms with E-state index in [9.17, 15) is 9.90 Å². The predicted octanol–water partition coefficient (Wildman–Crippen LogP) is 3.08. The summed E-state index contributed by atoms with van der Waals surface area (Å²) in [6.45, 7) is 0. The van der Waals surface area contributed by atoms with Crippen molar-refractivity contribution < 1.29 is 14.6 Å². The minimum absolute atomic E-state index is 0.202. The molecule has 0 aromatic heterocycles. The van der Waals surface area contributed by atoms with E-state index in [0.717, 1.165) is 5.56 Å². The van der Waals surface area contributed by atoms with Crippen LogP contribution in [0.25, 0.3) is 5.70 Å². The van der Waals surface area contributed by atoms with Gasteiger partial charge in [-0.25, -0.2) is 4.79 Å². The molecule has 0 bridgehead atoms. The van der Waals surface area contributed by atoms with E-state index in [1.165, 1.54) is 7.11 Å². The number of hydrogen-bond donors (Lipinski definition) is 2. The second-order valence-electron chi connectivity index (χ2n) is 4.88. The van der Waals surface area contributed by atoms with Gasteiger partial charge >= 0.3 is 5.97 Å². The van der Waals surface area contributed by atoms with Gasteiger partial charge in [-0.1, -0.05) is 42.5 Å². The lowest BCUT2D eigenvalue weighted by Gasteiger charge is -2.12. The van der Waals surface area contributed by atoms with Crippen LogP contribution in [0.15, 0.2) is 60.2 Å². The average Bonchev–Trinajstić information content (AvgIpc) is 2.55. The first-order chi connectivity index (χ1) is 10.6. The fourth-order valence-electron chi connectivity index (χ4n) is 2.30. The van der Waals surface area contributed by atoms with Gasteiger partial charge in [-0.3, -0.25) is 0 Å². The summed E-state index contributed by atoms with van der Waals surface area (Å²) in [4.78, 5) is 11.6. The van der Waals surface area contributed by atoms with Gasteiger partial charge < -0.3 is 15.6 Å². The first kappa shape index (κ1) is 15.6. The molecule has 0 aliphatic heterocycles. The Morgan fingerprint density at radius 2 is 1.73 bits per heavy atom. The molecule has 4 nitrogen and oxygen atoms in total. The standard InChI is InChI=1S/C18H19NO3/c1-22-16-10-6-5-9-14(16)17(19)15(18(20)21)12-11-13-7-3-2-4-8-13/h2-10H,11-12,19H2,1H3,(H,20,21)/b17-15-. The molecule has 0 amide bonds. The van der Waals surface area contributed by atoms with E-state index in [1.807, 2.05) is 36.4 Å². The van der Waals surface area contributed by atoms with Crippen molar-refractivity contribution in [3.63, 3.8) is 0 Å². The van der Waals surface area contributed by atoms with Crippen molar-refractivity contribution in [1.82, 2.24) is 0 Å². The number of hydrogen-bond acceptors (Lipinski definition) is 3. The maximum atomic E-state index is 11.6. The number of carbonyl (C=O) groups is 1. The Balaban J connectivity index is 2.31. The first-order valence-corrected chi connectivity index (χ1v) is 7.02.